The molecule has 0 aliphatic carbocycles. The first-order valence-electron chi connectivity index (χ1n) is 22.0. The van der Waals surface area contributed by atoms with Crippen molar-refractivity contribution in [3.8, 4) is 0 Å². The maximum Gasteiger partial charge on any atom is 0.326 e. The van der Waals surface area contributed by atoms with E-state index in [0.717, 1.165) is 0 Å². The molecule has 0 aromatic heterocycles. The lowest BCUT2D eigenvalue weighted by atomic mass is 9.99. The van der Waals surface area contributed by atoms with E-state index in [1.807, 2.05) is 0 Å². The van der Waals surface area contributed by atoms with Gasteiger partial charge in [-0.1, -0.05) is 27.7 Å². The number of aliphatic carboxylic acids is 2. The second-order valence-corrected chi connectivity index (χ2v) is 16.5. The normalized spacial score (nSPS) is 14.2. The van der Waals surface area contributed by atoms with Crippen molar-refractivity contribution in [2.24, 2.45) is 40.5 Å². The second-order valence-electron chi connectivity index (χ2n) is 16.5. The molecule has 0 saturated heterocycles. The molecule has 66 heavy (non-hydrogen) atoms. The number of hydrogen-bond acceptors (Lipinski definition) is 14. The van der Waals surface area contributed by atoms with Crippen molar-refractivity contribution in [1.29, 1.82) is 5.41 Å². The summed E-state index contributed by atoms with van der Waals surface area (Å²) < 4.78 is 0. The molecule has 21 N–H and O–H groups in total. The van der Waals surface area contributed by atoms with E-state index in [9.17, 15) is 58.2 Å². The van der Waals surface area contributed by atoms with Crippen molar-refractivity contribution in [2.75, 3.05) is 26.2 Å². The van der Waals surface area contributed by atoms with Gasteiger partial charge in [0.25, 0.3) is 0 Å². The highest BCUT2D eigenvalue weighted by atomic mass is 16.4. The number of guanidine groups is 1. The first kappa shape index (κ1) is 59.8. The maximum atomic E-state index is 13.8. The summed E-state index contributed by atoms with van der Waals surface area (Å²) in [6, 6.07) is -9.58. The van der Waals surface area contributed by atoms with Gasteiger partial charge in [-0.05, 0) is 89.1 Å². The van der Waals surface area contributed by atoms with Crippen LogP contribution in [-0.2, 0) is 47.9 Å². The van der Waals surface area contributed by atoms with Gasteiger partial charge in [0.15, 0.2) is 5.96 Å². The number of hydrogen-bond donors (Lipinski definition) is 16. The van der Waals surface area contributed by atoms with Gasteiger partial charge in [-0.15, -0.1) is 0 Å². The molecule has 0 aliphatic rings. The van der Waals surface area contributed by atoms with E-state index in [0.29, 0.717) is 38.6 Å². The Kier molecular flexibility index (Phi) is 29.5. The van der Waals surface area contributed by atoms with Crippen molar-refractivity contribution in [3.05, 3.63) is 0 Å². The summed E-state index contributed by atoms with van der Waals surface area (Å²) in [5.41, 5.74) is 27.7. The molecule has 0 spiro atoms. The minimum atomic E-state index is -1.73. The number of amides is 8. The fourth-order valence-electron chi connectivity index (χ4n) is 6.25. The van der Waals surface area contributed by atoms with Gasteiger partial charge < -0.3 is 81.4 Å². The van der Waals surface area contributed by atoms with E-state index in [2.05, 4.69) is 42.5 Å². The summed E-state index contributed by atoms with van der Waals surface area (Å²) in [5.74, 6) is -11.0. The Balaban J connectivity index is 6.23. The highest BCUT2D eigenvalue weighted by Crippen LogP contribution is 2.11. The van der Waals surface area contributed by atoms with E-state index in [4.69, 9.17) is 34.1 Å². The zero-order chi connectivity index (χ0) is 50.5. The zero-order valence-electron chi connectivity index (χ0n) is 38.4. The van der Waals surface area contributed by atoms with Crippen LogP contribution < -0.4 is 71.2 Å². The summed E-state index contributed by atoms with van der Waals surface area (Å²) in [6.07, 6.45) is 0.562. The van der Waals surface area contributed by atoms with Crippen molar-refractivity contribution < 1.29 is 58.2 Å². The van der Waals surface area contributed by atoms with Gasteiger partial charge in [-0.25, -0.2) is 4.79 Å². The van der Waals surface area contributed by atoms with Crippen LogP contribution in [0.1, 0.15) is 105 Å². The zero-order valence-corrected chi connectivity index (χ0v) is 38.4. The van der Waals surface area contributed by atoms with Crippen LogP contribution in [0.15, 0.2) is 0 Å². The van der Waals surface area contributed by atoms with Crippen molar-refractivity contribution in [1.82, 2.24) is 42.5 Å². The molecule has 0 heterocycles. The molecular formula is C40H74N14O12. The van der Waals surface area contributed by atoms with E-state index >= 15 is 0 Å². The molecule has 0 aliphatic heterocycles. The van der Waals surface area contributed by atoms with Crippen LogP contribution in [-0.4, -0.2) is 144 Å². The van der Waals surface area contributed by atoms with Gasteiger partial charge in [0, 0.05) is 13.0 Å². The molecule has 0 saturated carbocycles. The molecule has 7 atom stereocenters. The molecule has 0 radical (unpaired) electrons. The van der Waals surface area contributed by atoms with Crippen LogP contribution in [0, 0.1) is 17.2 Å². The van der Waals surface area contributed by atoms with Gasteiger partial charge in [0.2, 0.25) is 47.3 Å². The molecular weight excluding hydrogens is 869 g/mol. The summed E-state index contributed by atoms with van der Waals surface area (Å²) in [5, 5.41) is 45.7. The molecule has 0 aromatic rings. The Bertz CT molecular complexity index is 1650. The predicted octanol–water partition coefficient (Wildman–Crippen LogP) is -4.61. The lowest BCUT2D eigenvalue weighted by molar-refractivity contribution is -0.142. The van der Waals surface area contributed by atoms with E-state index in [-0.39, 0.29) is 50.7 Å². The average Bonchev–Trinajstić information content (AvgIpc) is 3.22. The van der Waals surface area contributed by atoms with Crippen molar-refractivity contribution in [3.63, 3.8) is 0 Å². The molecule has 0 fully saturated rings. The maximum absolute atomic E-state index is 13.8. The minimum absolute atomic E-state index is 0.0405. The average molecular weight is 943 g/mol. The molecule has 0 unspecified atom stereocenters. The standard InChI is InChI=1S/C40H74N14O12/c1-21(2)18-27(34(60)48-20-30(56)49-26(39(65)66)12-6-8-16-42)53-38(64)32(22(3)4)54-36(62)25(13-14-31(57)58)51-37(63)28(19-29(44)55)52-35(61)24(11-5-7-15-41)50-33(59)23(43)10-9-17-47-40(45)46/h21-28,32H,5-20,41-43H2,1-4H3,(H2,44,55)(H,48,60)(H,49,56)(H,50,59)(H,51,63)(H,52,61)(H,53,64)(H,54,62)(H,57,58)(H,65,66)(H4,45,46,47)/t23-,24-,25-,26-,27-,28-,32-/m0/s1. The molecule has 0 rings (SSSR count). The summed E-state index contributed by atoms with van der Waals surface area (Å²) >= 11 is 0. The van der Waals surface area contributed by atoms with Crippen LogP contribution in [0.2, 0.25) is 0 Å². The van der Waals surface area contributed by atoms with Crippen LogP contribution in [0.5, 0.6) is 0 Å². The Morgan fingerprint density at radius 1 is 0.561 bits per heavy atom. The quantitative estimate of drug-likeness (QED) is 0.0161. The smallest absolute Gasteiger partial charge is 0.326 e. The third kappa shape index (κ3) is 26.0. The van der Waals surface area contributed by atoms with Gasteiger partial charge in [-0.2, -0.15) is 0 Å². The Labute approximate surface area is 384 Å². The number of nitrogens with one attached hydrogen (secondary N) is 9. The largest absolute Gasteiger partial charge is 0.481 e. The number of primary amides is 1. The Morgan fingerprint density at radius 2 is 1.08 bits per heavy atom. The van der Waals surface area contributed by atoms with Crippen molar-refractivity contribution >= 4 is 65.2 Å². The Hall–Kier alpha value is -6.15. The predicted molar refractivity (Wildman–Crippen MR) is 240 cm³/mol. The number of carboxylic acid groups (broad SMARTS) is 2. The van der Waals surface area contributed by atoms with E-state index in [1.165, 1.54) is 0 Å². The number of carboxylic acids is 2. The third-order valence-electron chi connectivity index (χ3n) is 9.83. The van der Waals surface area contributed by atoms with Crippen molar-refractivity contribution in [2.45, 2.75) is 147 Å². The minimum Gasteiger partial charge on any atom is -0.481 e. The number of nitrogens with two attached hydrogens (primary N) is 5. The fraction of sp³-hybridized carbons (Fsp3) is 0.725. The molecule has 0 aromatic carbocycles. The lowest BCUT2D eigenvalue weighted by Gasteiger charge is -2.28. The highest BCUT2D eigenvalue weighted by molar-refractivity contribution is 5.98. The van der Waals surface area contributed by atoms with E-state index in [1.54, 1.807) is 27.7 Å². The molecule has 0 bridgehead atoms. The van der Waals surface area contributed by atoms with Crippen LogP contribution in [0.3, 0.4) is 0 Å². The monoisotopic (exact) mass is 943 g/mol. The van der Waals surface area contributed by atoms with Crippen LogP contribution >= 0.6 is 0 Å². The summed E-state index contributed by atoms with van der Waals surface area (Å²) in [7, 11) is 0. The number of rotatable bonds is 35. The topological polar surface area (TPSA) is 461 Å². The van der Waals surface area contributed by atoms with Gasteiger partial charge in [-0.3, -0.25) is 48.6 Å². The first-order valence-corrected chi connectivity index (χ1v) is 22.0. The summed E-state index contributed by atoms with van der Waals surface area (Å²) in [6.45, 7) is 6.89. The van der Waals surface area contributed by atoms with Crippen LogP contribution in [0.25, 0.3) is 0 Å². The number of unbranched alkanes of at least 4 members (excludes halogenated alkanes) is 2. The molecule has 26 heteroatoms. The van der Waals surface area contributed by atoms with Gasteiger partial charge in [0.05, 0.1) is 19.0 Å². The summed E-state index contributed by atoms with van der Waals surface area (Å²) in [4.78, 5) is 129. The number of carbonyl (C=O) groups is 10. The Morgan fingerprint density at radius 3 is 1.59 bits per heavy atom. The SMILES string of the molecule is CC(C)C[C@H](NC(=O)[C@@H](NC(=O)[C@H](CCC(=O)O)NC(=O)[C@H](CC(N)=O)NC(=O)[C@H](CCCCN)NC(=O)[C@@H](N)CCCNC(=N)N)C(C)C)C(=O)NCC(=O)N[C@@H](CCCCN)C(=O)O. The fourth-order valence-corrected chi connectivity index (χ4v) is 6.25. The van der Waals surface area contributed by atoms with Gasteiger partial charge >= 0.3 is 11.9 Å². The third-order valence-corrected chi connectivity index (χ3v) is 9.83. The van der Waals surface area contributed by atoms with E-state index < -0.39 is 133 Å². The van der Waals surface area contributed by atoms with Crippen LogP contribution in [0.4, 0.5) is 0 Å². The molecule has 376 valence electrons. The molecule has 8 amide bonds. The highest BCUT2D eigenvalue weighted by Gasteiger charge is 2.35. The van der Waals surface area contributed by atoms with Gasteiger partial charge in [0.1, 0.15) is 36.3 Å². The molecule has 26 nitrogen and oxygen atoms in total. The number of carbonyl (C=O) groups excluding carboxylic acids is 8. The second kappa shape index (κ2) is 32.5. The lowest BCUT2D eigenvalue weighted by Crippen LogP contribution is -2.60. The first-order chi connectivity index (χ1) is 30.9.